The van der Waals surface area contributed by atoms with Crippen molar-refractivity contribution in [2.75, 3.05) is 6.61 Å². The first-order valence-electron chi connectivity index (χ1n) is 8.49. The molecule has 2 aliphatic rings. The molecule has 1 fully saturated rings. The maximum absolute atomic E-state index is 13.1. The summed E-state index contributed by atoms with van der Waals surface area (Å²) in [5.41, 5.74) is -1.35. The van der Waals surface area contributed by atoms with E-state index in [1.54, 1.807) is 13.8 Å². The van der Waals surface area contributed by atoms with Crippen LogP contribution in [-0.4, -0.2) is 29.8 Å². The summed E-state index contributed by atoms with van der Waals surface area (Å²) in [5, 5.41) is 0. The first-order chi connectivity index (χ1) is 11.3. The van der Waals surface area contributed by atoms with Crippen LogP contribution >= 0.6 is 0 Å². The van der Waals surface area contributed by atoms with Gasteiger partial charge in [-0.1, -0.05) is 44.2 Å². The van der Waals surface area contributed by atoms with Crippen molar-refractivity contribution in [3.63, 3.8) is 0 Å². The Morgan fingerprint density at radius 2 is 1.96 bits per heavy atom. The molecule has 3 atom stereocenters. The van der Waals surface area contributed by atoms with E-state index in [-0.39, 0.29) is 6.61 Å². The predicted octanol–water partition coefficient (Wildman–Crippen LogP) is 3.42. The van der Waals surface area contributed by atoms with Gasteiger partial charge >= 0.3 is 5.97 Å². The van der Waals surface area contributed by atoms with Crippen LogP contribution in [0.15, 0.2) is 35.3 Å². The molecule has 24 heavy (non-hydrogen) atoms. The highest BCUT2D eigenvalue weighted by Crippen LogP contribution is 2.64. The van der Waals surface area contributed by atoms with Crippen LogP contribution < -0.4 is 0 Å². The first-order valence-corrected chi connectivity index (χ1v) is 8.49. The van der Waals surface area contributed by atoms with Crippen LogP contribution in [-0.2, 0) is 24.6 Å². The number of nitrogens with zero attached hydrogens (tertiary/aromatic N) is 1. The largest absolute Gasteiger partial charge is 0.464 e. The fourth-order valence-electron chi connectivity index (χ4n) is 4.09. The summed E-state index contributed by atoms with van der Waals surface area (Å²) in [4.78, 5) is 17.9. The van der Waals surface area contributed by atoms with E-state index in [9.17, 15) is 4.79 Å². The molecule has 0 amide bonds. The Hall–Kier alpha value is -1.88. The van der Waals surface area contributed by atoms with E-state index < -0.39 is 22.9 Å². The monoisotopic (exact) mass is 331 g/mol. The lowest BCUT2D eigenvalue weighted by molar-refractivity contribution is -0.392. The molecule has 3 unspecified atom stereocenters. The Bertz CT molecular complexity index is 671. The van der Waals surface area contributed by atoms with E-state index in [2.05, 4.69) is 13.8 Å². The van der Waals surface area contributed by atoms with E-state index in [1.807, 2.05) is 37.3 Å². The topological polar surface area (TPSA) is 57.1 Å². The molecule has 130 valence electrons. The van der Waals surface area contributed by atoms with Crippen molar-refractivity contribution in [1.29, 1.82) is 0 Å². The van der Waals surface area contributed by atoms with Crippen molar-refractivity contribution < 1.29 is 19.0 Å². The number of benzene rings is 1. The molecule has 0 N–H and O–H groups in total. The summed E-state index contributed by atoms with van der Waals surface area (Å²) in [7, 11) is 0. The summed E-state index contributed by atoms with van der Waals surface area (Å²) in [5.74, 6) is -0.509. The molecule has 2 heterocycles. The molecule has 5 nitrogen and oxygen atoms in total. The van der Waals surface area contributed by atoms with Crippen molar-refractivity contribution in [2.24, 2.45) is 10.9 Å². The van der Waals surface area contributed by atoms with Crippen LogP contribution in [0.1, 0.15) is 46.6 Å². The minimum Gasteiger partial charge on any atom is -0.464 e. The van der Waals surface area contributed by atoms with E-state index in [0.717, 1.165) is 5.56 Å². The van der Waals surface area contributed by atoms with Crippen molar-refractivity contribution in [3.05, 3.63) is 35.9 Å². The number of fused-ring (bicyclic) bond motifs is 1. The van der Waals surface area contributed by atoms with Crippen molar-refractivity contribution >= 4 is 11.9 Å². The lowest BCUT2D eigenvalue weighted by atomic mass is 9.61. The van der Waals surface area contributed by atoms with Crippen LogP contribution in [0.3, 0.4) is 0 Å². The summed E-state index contributed by atoms with van der Waals surface area (Å²) in [6, 6.07) is 9.48. The lowest BCUT2D eigenvalue weighted by Crippen LogP contribution is -2.79. The maximum Gasteiger partial charge on any atom is 0.346 e. The number of hydrogen-bond donors (Lipinski definition) is 0. The normalized spacial score (nSPS) is 34.2. The van der Waals surface area contributed by atoms with Crippen LogP contribution in [0.5, 0.6) is 0 Å². The number of hydrogen-bond acceptors (Lipinski definition) is 5. The van der Waals surface area contributed by atoms with Crippen molar-refractivity contribution in [2.45, 2.75) is 58.0 Å². The van der Waals surface area contributed by atoms with Crippen LogP contribution in [0.4, 0.5) is 0 Å². The van der Waals surface area contributed by atoms with Gasteiger partial charge < -0.3 is 14.2 Å². The number of carbonyl (C=O) groups excluding carboxylic acids is 1. The molecule has 2 aliphatic heterocycles. The number of esters is 1. The second-order valence-corrected chi connectivity index (χ2v) is 7.01. The Kier molecular flexibility index (Phi) is 3.95. The first kappa shape index (κ1) is 17.0. The van der Waals surface area contributed by atoms with Gasteiger partial charge in [0.1, 0.15) is 0 Å². The quantitative estimate of drug-likeness (QED) is 0.776. The molecule has 0 spiro atoms. The molecule has 0 bridgehead atoms. The Morgan fingerprint density at radius 1 is 1.29 bits per heavy atom. The average molecular weight is 331 g/mol. The van der Waals surface area contributed by atoms with E-state index >= 15 is 0 Å². The highest BCUT2D eigenvalue weighted by molar-refractivity contribution is 5.89. The molecule has 0 radical (unpaired) electrons. The van der Waals surface area contributed by atoms with Crippen molar-refractivity contribution in [3.8, 4) is 0 Å². The Morgan fingerprint density at radius 3 is 2.50 bits per heavy atom. The Balaban J connectivity index is 2.20. The van der Waals surface area contributed by atoms with Crippen LogP contribution in [0.25, 0.3) is 0 Å². The fraction of sp³-hybridized carbons (Fsp3) is 0.579. The summed E-state index contributed by atoms with van der Waals surface area (Å²) in [6.45, 7) is 9.96. The molecule has 0 saturated carbocycles. The van der Waals surface area contributed by atoms with Crippen LogP contribution in [0.2, 0.25) is 0 Å². The zero-order valence-electron chi connectivity index (χ0n) is 15.0. The number of carbonyl (C=O) groups is 1. The molecular weight excluding hydrogens is 306 g/mol. The standard InChI is InChI=1S/C19H25NO4/c1-6-22-16(21)19(15-10-8-7-9-11-15)18(12-13(2)3)17(5,24-19)23-14(4)20-18/h7-11,13H,6,12H2,1-5H3. The average Bonchev–Trinajstić information content (AvgIpc) is 2.70. The lowest BCUT2D eigenvalue weighted by Gasteiger charge is -2.61. The highest BCUT2D eigenvalue weighted by atomic mass is 16.8. The van der Waals surface area contributed by atoms with Gasteiger partial charge in [0.2, 0.25) is 11.4 Å². The number of rotatable bonds is 5. The van der Waals surface area contributed by atoms with Gasteiger partial charge in [0.25, 0.3) is 0 Å². The zero-order valence-corrected chi connectivity index (χ0v) is 15.0. The second-order valence-electron chi connectivity index (χ2n) is 7.01. The number of aliphatic imine (C=N–C) groups is 1. The van der Waals surface area contributed by atoms with Gasteiger partial charge in [0.15, 0.2) is 11.4 Å². The van der Waals surface area contributed by atoms with E-state index in [1.165, 1.54) is 0 Å². The van der Waals surface area contributed by atoms with Gasteiger partial charge in [-0.25, -0.2) is 9.79 Å². The van der Waals surface area contributed by atoms with E-state index in [0.29, 0.717) is 18.2 Å². The molecule has 0 aromatic heterocycles. The molecule has 1 aromatic rings. The predicted molar refractivity (Wildman–Crippen MR) is 90.6 cm³/mol. The van der Waals surface area contributed by atoms with Crippen molar-refractivity contribution in [1.82, 2.24) is 0 Å². The molecule has 1 saturated heterocycles. The van der Waals surface area contributed by atoms with Gasteiger partial charge in [-0.05, 0) is 24.8 Å². The summed E-state index contributed by atoms with van der Waals surface area (Å²) in [6.07, 6.45) is 0.661. The maximum atomic E-state index is 13.1. The Labute approximate surface area is 143 Å². The smallest absolute Gasteiger partial charge is 0.346 e. The number of ether oxygens (including phenoxy) is 3. The summed E-state index contributed by atoms with van der Waals surface area (Å²) < 4.78 is 17.5. The van der Waals surface area contributed by atoms with E-state index in [4.69, 9.17) is 19.2 Å². The zero-order chi connectivity index (χ0) is 17.6. The molecule has 5 heteroatoms. The molecule has 1 aromatic carbocycles. The fourth-order valence-corrected chi connectivity index (χ4v) is 4.09. The summed E-state index contributed by atoms with van der Waals surface area (Å²) >= 11 is 0. The second kappa shape index (κ2) is 5.59. The highest BCUT2D eigenvalue weighted by Gasteiger charge is 2.83. The van der Waals surface area contributed by atoms with Gasteiger partial charge in [0, 0.05) is 13.8 Å². The minimum absolute atomic E-state index is 0.287. The van der Waals surface area contributed by atoms with Gasteiger partial charge in [0.05, 0.1) is 6.61 Å². The van der Waals surface area contributed by atoms with Gasteiger partial charge in [-0.2, -0.15) is 0 Å². The van der Waals surface area contributed by atoms with Crippen LogP contribution in [0, 0.1) is 5.92 Å². The SMILES string of the molecule is CCOC(=O)C1(c2ccccc2)OC2(C)OC(C)=NC21CC(C)C. The molecule has 3 rings (SSSR count). The van der Waals surface area contributed by atoms with Gasteiger partial charge in [-0.15, -0.1) is 0 Å². The minimum atomic E-state index is -1.28. The molecule has 0 aliphatic carbocycles. The van der Waals surface area contributed by atoms with Gasteiger partial charge in [-0.3, -0.25) is 0 Å². The third kappa shape index (κ3) is 2.04. The third-order valence-corrected chi connectivity index (χ3v) is 4.82. The molecular formula is C19H25NO4. The third-order valence-electron chi connectivity index (χ3n) is 4.82.